The minimum atomic E-state index is -1.40. The van der Waals surface area contributed by atoms with Crippen molar-refractivity contribution in [2.24, 2.45) is 0 Å². The molecule has 0 aliphatic carbocycles. The Kier molecular flexibility index (Phi) is 44.7. The van der Waals surface area contributed by atoms with Crippen molar-refractivity contribution in [1.29, 1.82) is 0 Å². The summed E-state index contributed by atoms with van der Waals surface area (Å²) in [4.78, 5) is 116. The van der Waals surface area contributed by atoms with Gasteiger partial charge in [0.15, 0.2) is 23.8 Å². The van der Waals surface area contributed by atoms with E-state index < -0.39 is 99.2 Å². The van der Waals surface area contributed by atoms with Gasteiger partial charge in [-0.05, 0) is 97.9 Å². The lowest BCUT2D eigenvalue weighted by molar-refractivity contribution is -0.697. The number of ether oxygens (including phenoxy) is 2. The third-order valence-electron chi connectivity index (χ3n) is 19.9. The molecule has 1 aromatic heterocycles. The number of Topliss-reactive ketones (excluding diaryl/α,β-unsaturated/α-hetero) is 2. The van der Waals surface area contributed by atoms with E-state index in [1.165, 1.54) is 143 Å². The third kappa shape index (κ3) is 36.7. The first-order chi connectivity index (χ1) is 53.7. The van der Waals surface area contributed by atoms with Crippen LogP contribution < -0.4 is 25.4 Å². The number of ketones is 2. The van der Waals surface area contributed by atoms with E-state index in [2.05, 4.69) is 107 Å². The van der Waals surface area contributed by atoms with Crippen LogP contribution in [-0.2, 0) is 41.6 Å². The molecule has 0 saturated heterocycles. The number of fused-ring (bicyclic) bond motifs is 1. The zero-order valence-corrected chi connectivity index (χ0v) is 65.3. The highest BCUT2D eigenvalue weighted by atomic mass is 16.7. The van der Waals surface area contributed by atoms with Crippen LogP contribution in [0.5, 0.6) is 0 Å². The largest absolute Gasteiger partial charge is 0.379 e. The number of carbonyl (C=O) groups is 4. The van der Waals surface area contributed by atoms with Crippen LogP contribution in [0.1, 0.15) is 268 Å². The highest BCUT2D eigenvalue weighted by molar-refractivity contribution is 5.91. The van der Waals surface area contributed by atoms with Crippen molar-refractivity contribution in [3.8, 4) is 0 Å². The topological polar surface area (TPSA) is 389 Å². The Hall–Kier alpha value is -9.77. The van der Waals surface area contributed by atoms with Crippen LogP contribution in [0, 0.1) is 60.7 Å². The first-order valence-corrected chi connectivity index (χ1v) is 40.3. The van der Waals surface area contributed by atoms with Gasteiger partial charge in [0.2, 0.25) is 11.8 Å². The fourth-order valence-electron chi connectivity index (χ4n) is 13.5. The van der Waals surface area contributed by atoms with Gasteiger partial charge in [-0.2, -0.15) is 0 Å². The molecule has 608 valence electrons. The minimum Gasteiger partial charge on any atom is -0.379 e. The smallest absolute Gasteiger partial charge is 0.309 e. The maximum atomic E-state index is 12.8. The van der Waals surface area contributed by atoms with E-state index in [1.54, 1.807) is 0 Å². The second-order valence-electron chi connectivity index (χ2n) is 28.8. The van der Waals surface area contributed by atoms with Crippen LogP contribution in [-0.4, -0.2) is 106 Å². The standard InChI is InChI=1S/C82H117N11O18/c1-3-4-33-53-87-54-48-65(49-55-87)40-41-66-42-43-68-60-69(45-44-67(68)59-66)86(2)52-34-27-21-15-8-7-13-19-25-31-50-83-78(96)39-30-24-18-12-6-5-10-16-22-28-36-71(94)37-29-23-17-11-9-14-20-26-32-51-84-79(97)64-111-58-57-110-56-35-38-72(95)46-47-73-74(89(100)101)63-77(92(106)107)81(82(73)93(108)109)85-80-75(90(102)103)61-70(88(98)99)62-76(80)91(104)105/h40-45,48-49,54-55,59-63,85H,3-39,46-47,50-53,56-58,64H2,1-2H3,(H-,83,84,96,97)/p+1. The number of nitrogens with zero attached hydrogens (tertiary/aromatic N) is 8. The lowest BCUT2D eigenvalue weighted by Crippen LogP contribution is -2.32. The molecule has 5 rings (SSSR count). The van der Waals surface area contributed by atoms with Crippen molar-refractivity contribution in [2.45, 2.75) is 264 Å². The first-order valence-electron chi connectivity index (χ1n) is 40.3. The number of aromatic nitrogens is 1. The van der Waals surface area contributed by atoms with Gasteiger partial charge < -0.3 is 30.3 Å². The van der Waals surface area contributed by atoms with Gasteiger partial charge in [-0.3, -0.25) is 79.9 Å². The van der Waals surface area contributed by atoms with E-state index >= 15 is 0 Å². The molecule has 0 aliphatic heterocycles. The summed E-state index contributed by atoms with van der Waals surface area (Å²) in [6.07, 6.45) is 46.5. The number of carbonyl (C=O) groups excluding carboxylic acids is 4. The number of unbranched alkanes of at least 4 members (excludes halogenated alkanes) is 28. The number of hydrogen-bond donors (Lipinski definition) is 3. The van der Waals surface area contributed by atoms with Crippen molar-refractivity contribution in [3.63, 3.8) is 0 Å². The summed E-state index contributed by atoms with van der Waals surface area (Å²) in [5, 5.41) is 82.1. The predicted octanol–water partition coefficient (Wildman–Crippen LogP) is 19.4. The van der Waals surface area contributed by atoms with E-state index in [9.17, 15) is 79.9 Å². The summed E-state index contributed by atoms with van der Waals surface area (Å²) in [7, 11) is 2.21. The number of benzene rings is 4. The summed E-state index contributed by atoms with van der Waals surface area (Å²) in [6, 6.07) is 18.8. The van der Waals surface area contributed by atoms with E-state index in [4.69, 9.17) is 9.47 Å². The molecule has 4 aromatic carbocycles. The SMILES string of the molecule is CCCCC[n+]1ccc(/C=C/c2ccc3cc(N(C)CCCCCCCCCCCCNC(=O)CCCCCCCCCCCCC(=O)CCCCCCCCCCCNC(=O)COCCOCCCC(=O)CCc4c([N+](=O)[O-])cc([N+](=O)[O-])c(Nc5c([N+](=O)[O-])cc([N+](=O)[O-])cc5[N+](=O)[O-])c4[N+](=O)[O-])ccc3c2)cc1. The average molecular weight is 1550 g/mol. The molecular weight excluding hydrogens is 1430 g/mol. The molecule has 0 aliphatic rings. The number of nitro groups is 6. The molecule has 3 N–H and O–H groups in total. The number of nitrogens with one attached hydrogen (secondary N) is 3. The van der Waals surface area contributed by atoms with Crippen LogP contribution in [0.4, 0.5) is 51.2 Å². The molecule has 29 heteroatoms. The summed E-state index contributed by atoms with van der Waals surface area (Å²) < 4.78 is 13.1. The lowest BCUT2D eigenvalue weighted by Gasteiger charge is -2.20. The van der Waals surface area contributed by atoms with E-state index in [1.807, 2.05) is 5.32 Å². The summed E-state index contributed by atoms with van der Waals surface area (Å²) in [5.41, 5.74) is -7.42. The van der Waals surface area contributed by atoms with Crippen LogP contribution in [0.3, 0.4) is 0 Å². The summed E-state index contributed by atoms with van der Waals surface area (Å²) >= 11 is 0. The molecule has 111 heavy (non-hydrogen) atoms. The zero-order valence-electron chi connectivity index (χ0n) is 65.3. The molecule has 5 aromatic rings. The number of amides is 2. The second-order valence-corrected chi connectivity index (χ2v) is 28.8. The highest BCUT2D eigenvalue weighted by Gasteiger charge is 2.40. The number of anilines is 3. The van der Waals surface area contributed by atoms with E-state index in [-0.39, 0.29) is 69.3 Å². The van der Waals surface area contributed by atoms with Crippen molar-refractivity contribution < 1.29 is 62.8 Å². The van der Waals surface area contributed by atoms with Gasteiger partial charge in [0.05, 0.1) is 61.0 Å². The van der Waals surface area contributed by atoms with Crippen molar-refractivity contribution in [3.05, 3.63) is 156 Å². The number of nitro benzene ring substituents is 6. The van der Waals surface area contributed by atoms with Crippen LogP contribution >= 0.6 is 0 Å². The molecule has 0 fully saturated rings. The van der Waals surface area contributed by atoms with Gasteiger partial charge >= 0.3 is 22.7 Å². The van der Waals surface area contributed by atoms with E-state index in [0.717, 1.165) is 110 Å². The maximum absolute atomic E-state index is 12.8. The molecular formula is C82H118N11O18+. The fourth-order valence-corrected chi connectivity index (χ4v) is 13.5. The Morgan fingerprint density at radius 1 is 0.423 bits per heavy atom. The van der Waals surface area contributed by atoms with Crippen molar-refractivity contribution >= 4 is 97.5 Å². The number of aryl methyl sites for hydroxylation is 1. The second kappa shape index (κ2) is 54.0. The number of non-ortho nitro benzene ring substituents is 1. The quantitative estimate of drug-likeness (QED) is 0.0141. The zero-order chi connectivity index (χ0) is 80.4. The fraction of sp³-hybridized carbons (Fsp3) is 0.598. The van der Waals surface area contributed by atoms with Gasteiger partial charge in [-0.1, -0.05) is 191 Å². The van der Waals surface area contributed by atoms with Gasteiger partial charge in [0, 0.05) is 89.6 Å². The molecule has 0 radical (unpaired) electrons. The number of hydrogen-bond acceptors (Lipinski definition) is 20. The molecule has 0 unspecified atom stereocenters. The van der Waals surface area contributed by atoms with Crippen LogP contribution in [0.2, 0.25) is 0 Å². The Balaban J connectivity index is 0.735. The highest BCUT2D eigenvalue weighted by Crippen LogP contribution is 2.48. The van der Waals surface area contributed by atoms with E-state index in [0.29, 0.717) is 31.6 Å². The third-order valence-corrected chi connectivity index (χ3v) is 19.9. The first kappa shape index (κ1) is 91.8. The molecule has 1 heterocycles. The van der Waals surface area contributed by atoms with Crippen LogP contribution in [0.25, 0.3) is 22.9 Å². The minimum absolute atomic E-state index is 0.0476. The van der Waals surface area contributed by atoms with Gasteiger partial charge in [-0.15, -0.1) is 0 Å². The molecule has 0 bridgehead atoms. The molecule has 0 saturated carbocycles. The summed E-state index contributed by atoms with van der Waals surface area (Å²) in [5.74, 6) is -0.264. The Labute approximate surface area is 651 Å². The average Bonchev–Trinajstić information content (AvgIpc) is 0.758. The van der Waals surface area contributed by atoms with Gasteiger partial charge in [-0.25, -0.2) is 4.57 Å². The molecule has 2 amide bonds. The van der Waals surface area contributed by atoms with Crippen LogP contribution in [0.15, 0.2) is 79.1 Å². The molecule has 29 nitrogen and oxygen atoms in total. The number of pyridine rings is 1. The molecule has 0 atom stereocenters. The predicted molar refractivity (Wildman–Crippen MR) is 431 cm³/mol. The van der Waals surface area contributed by atoms with Crippen molar-refractivity contribution in [2.75, 3.05) is 63.3 Å². The normalized spacial score (nSPS) is 11.3. The Bertz CT molecular complexity index is 3760. The monoisotopic (exact) mass is 1540 g/mol. The maximum Gasteiger partial charge on any atom is 0.309 e. The lowest BCUT2D eigenvalue weighted by atomic mass is 9.99. The summed E-state index contributed by atoms with van der Waals surface area (Å²) in [6.45, 7) is 5.70. The Morgan fingerprint density at radius 2 is 0.883 bits per heavy atom. The molecule has 0 spiro atoms. The number of rotatable bonds is 65. The Morgan fingerprint density at radius 3 is 1.41 bits per heavy atom. The van der Waals surface area contributed by atoms with Crippen molar-refractivity contribution in [1.82, 2.24) is 10.6 Å². The van der Waals surface area contributed by atoms with Gasteiger partial charge in [0.1, 0.15) is 30.3 Å². The van der Waals surface area contributed by atoms with Gasteiger partial charge in [0.25, 0.3) is 11.4 Å².